The average molecular weight is 348 g/mol. The summed E-state index contributed by atoms with van der Waals surface area (Å²) >= 11 is 6.13. The van der Waals surface area contributed by atoms with E-state index in [1.54, 1.807) is 0 Å². The van der Waals surface area contributed by atoms with Crippen molar-refractivity contribution in [2.45, 2.75) is 50.8 Å². The number of amides is 2. The first-order chi connectivity index (χ1) is 11.6. The van der Waals surface area contributed by atoms with E-state index in [1.807, 2.05) is 23.1 Å². The summed E-state index contributed by atoms with van der Waals surface area (Å²) in [6.45, 7) is 1.32. The largest absolute Gasteiger partial charge is 0.393 e. The molecular weight excluding hydrogens is 326 g/mol. The van der Waals surface area contributed by atoms with Gasteiger partial charge in [-0.05, 0) is 43.9 Å². The maximum atomic E-state index is 12.6. The van der Waals surface area contributed by atoms with E-state index in [-0.39, 0.29) is 18.2 Å². The van der Waals surface area contributed by atoms with Crippen molar-refractivity contribution in [2.75, 3.05) is 6.54 Å². The van der Waals surface area contributed by atoms with Crippen LogP contribution in [0.1, 0.15) is 36.9 Å². The van der Waals surface area contributed by atoms with Gasteiger partial charge in [-0.3, -0.25) is 0 Å². The van der Waals surface area contributed by atoms with Crippen molar-refractivity contribution in [3.8, 4) is 0 Å². The SMILES string of the molecule is O=C(NC1CCC(O)CC1)N1CCc2[nH]c3ccc(Cl)cc3c2C1. The molecule has 2 aliphatic rings. The van der Waals surface area contributed by atoms with Crippen molar-refractivity contribution in [2.24, 2.45) is 0 Å². The predicted octanol–water partition coefficient (Wildman–Crippen LogP) is 3.19. The summed E-state index contributed by atoms with van der Waals surface area (Å²) in [5, 5.41) is 14.5. The van der Waals surface area contributed by atoms with Gasteiger partial charge in [0, 0.05) is 52.7 Å². The van der Waals surface area contributed by atoms with Gasteiger partial charge in [-0.25, -0.2) is 4.79 Å². The second kappa shape index (κ2) is 6.30. The highest BCUT2D eigenvalue weighted by Gasteiger charge is 2.27. The predicted molar refractivity (Wildman–Crippen MR) is 94.2 cm³/mol. The summed E-state index contributed by atoms with van der Waals surface area (Å²) in [5.74, 6) is 0. The molecule has 0 bridgehead atoms. The number of aromatic nitrogens is 1. The van der Waals surface area contributed by atoms with Crippen LogP contribution in [0.4, 0.5) is 4.79 Å². The molecule has 1 aromatic heterocycles. The molecule has 0 radical (unpaired) electrons. The van der Waals surface area contributed by atoms with Crippen LogP contribution >= 0.6 is 11.6 Å². The van der Waals surface area contributed by atoms with Gasteiger partial charge in [0.05, 0.1) is 6.10 Å². The smallest absolute Gasteiger partial charge is 0.317 e. The second-order valence-electron chi connectivity index (χ2n) is 6.90. The fourth-order valence-corrected chi connectivity index (χ4v) is 4.02. The van der Waals surface area contributed by atoms with Crippen molar-refractivity contribution >= 4 is 28.5 Å². The van der Waals surface area contributed by atoms with E-state index < -0.39 is 0 Å². The van der Waals surface area contributed by atoms with Crippen LogP contribution in [0.3, 0.4) is 0 Å². The first kappa shape index (κ1) is 15.8. The number of aliphatic hydroxyl groups is 1. The van der Waals surface area contributed by atoms with Gasteiger partial charge < -0.3 is 20.3 Å². The van der Waals surface area contributed by atoms with Crippen molar-refractivity contribution in [1.82, 2.24) is 15.2 Å². The molecule has 2 aromatic rings. The number of hydrogen-bond donors (Lipinski definition) is 3. The molecule has 5 nitrogen and oxygen atoms in total. The highest BCUT2D eigenvalue weighted by molar-refractivity contribution is 6.31. The number of carbonyl (C=O) groups is 1. The number of fused-ring (bicyclic) bond motifs is 3. The Bertz CT molecular complexity index is 765. The fraction of sp³-hybridized carbons (Fsp3) is 0.500. The molecule has 4 rings (SSSR count). The summed E-state index contributed by atoms with van der Waals surface area (Å²) in [6, 6.07) is 6.02. The van der Waals surface area contributed by atoms with Gasteiger partial charge in [0.25, 0.3) is 0 Å². The van der Waals surface area contributed by atoms with Gasteiger partial charge in [0.1, 0.15) is 0 Å². The van der Waals surface area contributed by atoms with Crippen LogP contribution in [0, 0.1) is 0 Å². The zero-order chi connectivity index (χ0) is 16.7. The number of urea groups is 1. The highest BCUT2D eigenvalue weighted by Crippen LogP contribution is 2.30. The van der Waals surface area contributed by atoms with Gasteiger partial charge >= 0.3 is 6.03 Å². The number of aromatic amines is 1. The van der Waals surface area contributed by atoms with Gasteiger partial charge in [-0.2, -0.15) is 0 Å². The molecule has 1 aliphatic carbocycles. The van der Waals surface area contributed by atoms with Crippen molar-refractivity contribution in [3.63, 3.8) is 0 Å². The number of aliphatic hydroxyl groups excluding tert-OH is 1. The lowest BCUT2D eigenvalue weighted by atomic mass is 9.93. The van der Waals surface area contributed by atoms with Crippen LogP contribution < -0.4 is 5.32 Å². The molecule has 6 heteroatoms. The Labute approximate surface area is 146 Å². The van der Waals surface area contributed by atoms with Crippen molar-refractivity contribution in [1.29, 1.82) is 0 Å². The highest BCUT2D eigenvalue weighted by atomic mass is 35.5. The Hall–Kier alpha value is -1.72. The molecule has 1 fully saturated rings. The van der Waals surface area contributed by atoms with Crippen LogP contribution in [0.2, 0.25) is 5.02 Å². The molecule has 0 spiro atoms. The zero-order valence-electron chi connectivity index (χ0n) is 13.5. The summed E-state index contributed by atoms with van der Waals surface area (Å²) in [6.07, 6.45) is 3.89. The molecule has 24 heavy (non-hydrogen) atoms. The van der Waals surface area contributed by atoms with E-state index in [9.17, 15) is 9.90 Å². The van der Waals surface area contributed by atoms with E-state index in [0.29, 0.717) is 18.1 Å². The number of nitrogens with one attached hydrogen (secondary N) is 2. The number of H-pyrrole nitrogens is 1. The summed E-state index contributed by atoms with van der Waals surface area (Å²) in [4.78, 5) is 17.9. The minimum atomic E-state index is -0.202. The van der Waals surface area contributed by atoms with E-state index in [4.69, 9.17) is 11.6 Å². The lowest BCUT2D eigenvalue weighted by Gasteiger charge is -2.31. The third-order valence-corrected chi connectivity index (χ3v) is 5.48. The van der Waals surface area contributed by atoms with Gasteiger partial charge in [0.2, 0.25) is 0 Å². The summed E-state index contributed by atoms with van der Waals surface area (Å²) in [7, 11) is 0. The maximum absolute atomic E-state index is 12.6. The van der Waals surface area contributed by atoms with Gasteiger partial charge in [-0.15, -0.1) is 0 Å². The Morgan fingerprint density at radius 2 is 2.08 bits per heavy atom. The lowest BCUT2D eigenvalue weighted by molar-refractivity contribution is 0.114. The van der Waals surface area contributed by atoms with Crippen LogP contribution in [-0.4, -0.2) is 39.7 Å². The molecule has 0 saturated heterocycles. The normalized spacial score (nSPS) is 24.0. The number of hydrogen-bond acceptors (Lipinski definition) is 2. The van der Waals surface area contributed by atoms with Crippen molar-refractivity contribution < 1.29 is 9.90 Å². The summed E-state index contributed by atoms with van der Waals surface area (Å²) < 4.78 is 0. The lowest BCUT2D eigenvalue weighted by Crippen LogP contribution is -2.47. The number of rotatable bonds is 1. The molecular formula is C18H22ClN3O2. The molecule has 1 aliphatic heterocycles. The van der Waals surface area contributed by atoms with Crippen LogP contribution in [0.15, 0.2) is 18.2 Å². The standard InChI is InChI=1S/C18H22ClN3O2/c19-11-1-6-16-14(9-11)15-10-22(8-7-17(15)21-16)18(24)20-12-2-4-13(23)5-3-12/h1,6,9,12-13,21,23H,2-5,7-8,10H2,(H,20,24). The molecule has 2 heterocycles. The molecule has 3 N–H and O–H groups in total. The molecule has 1 aromatic carbocycles. The topological polar surface area (TPSA) is 68.4 Å². The first-order valence-electron chi connectivity index (χ1n) is 8.62. The van der Waals surface area contributed by atoms with E-state index in [2.05, 4.69) is 10.3 Å². The third kappa shape index (κ3) is 2.98. The Morgan fingerprint density at radius 3 is 2.88 bits per heavy atom. The molecule has 128 valence electrons. The zero-order valence-corrected chi connectivity index (χ0v) is 14.3. The van der Waals surface area contributed by atoms with Gasteiger partial charge in [-0.1, -0.05) is 11.6 Å². The van der Waals surface area contributed by atoms with Gasteiger partial charge in [0.15, 0.2) is 0 Å². The quantitative estimate of drug-likeness (QED) is 0.741. The number of carbonyl (C=O) groups excluding carboxylic acids is 1. The Kier molecular flexibility index (Phi) is 4.14. The Balaban J connectivity index is 1.48. The number of nitrogens with zero attached hydrogens (tertiary/aromatic N) is 1. The maximum Gasteiger partial charge on any atom is 0.317 e. The number of halogens is 1. The average Bonchev–Trinajstić information content (AvgIpc) is 2.94. The Morgan fingerprint density at radius 1 is 1.29 bits per heavy atom. The third-order valence-electron chi connectivity index (χ3n) is 5.25. The van der Waals surface area contributed by atoms with E-state index >= 15 is 0 Å². The molecule has 2 amide bonds. The monoisotopic (exact) mass is 347 g/mol. The van der Waals surface area contributed by atoms with E-state index in [0.717, 1.165) is 43.0 Å². The van der Waals surface area contributed by atoms with Crippen LogP contribution in [0.25, 0.3) is 10.9 Å². The molecule has 0 unspecified atom stereocenters. The summed E-state index contributed by atoms with van der Waals surface area (Å²) in [5.41, 5.74) is 3.46. The van der Waals surface area contributed by atoms with Crippen LogP contribution in [0.5, 0.6) is 0 Å². The minimum absolute atomic E-state index is 0.00146. The minimum Gasteiger partial charge on any atom is -0.393 e. The molecule has 1 saturated carbocycles. The van der Waals surface area contributed by atoms with Crippen molar-refractivity contribution in [3.05, 3.63) is 34.5 Å². The number of benzene rings is 1. The fourth-order valence-electron chi connectivity index (χ4n) is 3.85. The first-order valence-corrected chi connectivity index (χ1v) is 9.00. The van der Waals surface area contributed by atoms with E-state index in [1.165, 1.54) is 11.3 Å². The molecule has 0 atom stereocenters. The van der Waals surface area contributed by atoms with Crippen LogP contribution in [-0.2, 0) is 13.0 Å². The second-order valence-corrected chi connectivity index (χ2v) is 7.33.